The molecule has 33 heavy (non-hydrogen) atoms. The van der Waals surface area contributed by atoms with E-state index in [0.717, 1.165) is 38.8 Å². The molecule has 1 aliphatic carbocycles. The Morgan fingerprint density at radius 3 is 2.61 bits per heavy atom. The number of allylic oxidation sites excluding steroid dienone is 1. The zero-order chi connectivity index (χ0) is 24.5. The molecule has 10 nitrogen and oxygen atoms in total. The lowest BCUT2D eigenvalue weighted by Gasteiger charge is -2.40. The molecule has 1 aliphatic heterocycles. The number of carbonyl (C=O) groups is 2. The number of likely N-dealkylation sites (N-methyl/N-ethyl adjacent to an activating group) is 1. The van der Waals surface area contributed by atoms with Gasteiger partial charge < -0.3 is 15.5 Å². The second-order valence-electron chi connectivity index (χ2n) is 9.09. The van der Waals surface area contributed by atoms with Crippen LogP contribution >= 0.6 is 0 Å². The largest absolute Gasteiger partial charge is 0.387 e. The fourth-order valence-corrected chi connectivity index (χ4v) is 4.52. The number of nitrogens with zero attached hydrogens (tertiary/aromatic N) is 4. The molecule has 1 heterocycles. The molecule has 2 amide bonds. The molecular weight excluding hydrogens is 429 g/mol. The number of amides is 2. The molecule has 0 aromatic rings. The molecule has 0 spiro atoms. The number of halogens is 1. The first-order valence-electron chi connectivity index (χ1n) is 11.4. The van der Waals surface area contributed by atoms with Crippen LogP contribution in [0.1, 0.15) is 46.0 Å². The van der Waals surface area contributed by atoms with Crippen molar-refractivity contribution in [2.45, 2.75) is 52.0 Å². The van der Waals surface area contributed by atoms with Crippen molar-refractivity contribution in [3.05, 3.63) is 23.9 Å². The van der Waals surface area contributed by atoms with Gasteiger partial charge in [0.2, 0.25) is 12.3 Å². The third kappa shape index (κ3) is 8.01. The van der Waals surface area contributed by atoms with Gasteiger partial charge in [-0.3, -0.25) is 25.6 Å². The number of hydroxylamine groups is 2. The molecule has 2 fully saturated rings. The van der Waals surface area contributed by atoms with E-state index in [1.54, 1.807) is 0 Å². The van der Waals surface area contributed by atoms with E-state index in [1.165, 1.54) is 6.92 Å². The van der Waals surface area contributed by atoms with Gasteiger partial charge in [-0.15, -0.1) is 0 Å². The van der Waals surface area contributed by atoms with E-state index in [9.17, 15) is 14.8 Å². The van der Waals surface area contributed by atoms with Crippen molar-refractivity contribution in [3.8, 4) is 0 Å². The Bertz CT molecular complexity index is 763. The molecule has 2 atom stereocenters. The van der Waals surface area contributed by atoms with Crippen molar-refractivity contribution in [2.24, 2.45) is 22.6 Å². The smallest absolute Gasteiger partial charge is 0.243 e. The molecule has 0 unspecified atom stereocenters. The maximum absolute atomic E-state index is 15.4. The Morgan fingerprint density at radius 1 is 1.36 bits per heavy atom. The minimum atomic E-state index is -0.722. The number of amidine groups is 1. The third-order valence-corrected chi connectivity index (χ3v) is 6.22. The molecular formula is C22H38FN7O3. The van der Waals surface area contributed by atoms with Crippen LogP contribution in [0.4, 0.5) is 4.39 Å². The minimum Gasteiger partial charge on any atom is -0.387 e. The van der Waals surface area contributed by atoms with Crippen LogP contribution < -0.4 is 16.6 Å². The van der Waals surface area contributed by atoms with Crippen LogP contribution in [-0.4, -0.2) is 77.5 Å². The third-order valence-electron chi connectivity index (χ3n) is 6.22. The van der Waals surface area contributed by atoms with Gasteiger partial charge >= 0.3 is 0 Å². The summed E-state index contributed by atoms with van der Waals surface area (Å²) < 4.78 is 15.4. The molecule has 2 aliphatic rings. The molecule has 1 saturated heterocycles. The number of nitrogens with two attached hydrogens (primary N) is 1. The average Bonchev–Trinajstić information content (AvgIpc) is 3.27. The molecule has 1 saturated carbocycles. The first-order valence-corrected chi connectivity index (χ1v) is 11.4. The van der Waals surface area contributed by atoms with Gasteiger partial charge in [-0.05, 0) is 33.2 Å². The second kappa shape index (κ2) is 12.5. The lowest BCUT2D eigenvalue weighted by atomic mass is 9.92. The molecule has 2 rings (SSSR count). The first-order chi connectivity index (χ1) is 15.6. The predicted molar refractivity (Wildman–Crippen MR) is 124 cm³/mol. The van der Waals surface area contributed by atoms with Gasteiger partial charge in [0.1, 0.15) is 0 Å². The number of nitrogens with one attached hydrogen (secondary N) is 2. The Morgan fingerprint density at radius 2 is 2.03 bits per heavy atom. The molecule has 0 aromatic carbocycles. The van der Waals surface area contributed by atoms with E-state index in [4.69, 9.17) is 5.73 Å². The van der Waals surface area contributed by atoms with Gasteiger partial charge in [-0.25, -0.2) is 14.4 Å². The number of piperazine rings is 1. The van der Waals surface area contributed by atoms with Gasteiger partial charge in [0.05, 0.1) is 24.0 Å². The van der Waals surface area contributed by atoms with E-state index < -0.39 is 17.7 Å². The summed E-state index contributed by atoms with van der Waals surface area (Å²) in [6.07, 6.45) is 4.99. The van der Waals surface area contributed by atoms with E-state index in [0.29, 0.717) is 23.9 Å². The van der Waals surface area contributed by atoms with Crippen LogP contribution in [0.3, 0.4) is 0 Å². The highest BCUT2D eigenvalue weighted by molar-refractivity contribution is 5.80. The van der Waals surface area contributed by atoms with Crippen molar-refractivity contribution in [1.29, 1.82) is 0 Å². The molecule has 0 radical (unpaired) electrons. The SMILES string of the molecule is C=C(/C(F)=C(\N=C(C)N)NNC(=O)[C@H](CC1CCCC1)CN(O)C=O)N1CCN(C)C[C@H]1C. The topological polar surface area (TPSA) is 127 Å². The van der Waals surface area contributed by atoms with Crippen molar-refractivity contribution in [1.82, 2.24) is 25.7 Å². The standard InChI is InChI=1S/C22H38FN7O3/c1-15-12-28(4)9-10-30(15)16(2)20(23)21(25-17(3)24)26-27-22(32)19(13-29(33)14-31)11-18-7-5-6-8-18/h14-15,18-19,26,33H,2,5-13H2,1,3-4H3,(H2,24,25)(H,27,32)/b21-20-/t15-,19-/m1/s1. The fourth-order valence-electron chi connectivity index (χ4n) is 4.52. The summed E-state index contributed by atoms with van der Waals surface area (Å²) in [6, 6.07) is 0.0514. The Kier molecular flexibility index (Phi) is 10.1. The van der Waals surface area contributed by atoms with Crippen molar-refractivity contribution in [2.75, 3.05) is 33.2 Å². The van der Waals surface area contributed by atoms with Crippen LogP contribution in [0, 0.1) is 11.8 Å². The highest BCUT2D eigenvalue weighted by Gasteiger charge is 2.28. The molecule has 186 valence electrons. The van der Waals surface area contributed by atoms with E-state index >= 15 is 4.39 Å². The summed E-state index contributed by atoms with van der Waals surface area (Å²) >= 11 is 0. The van der Waals surface area contributed by atoms with Crippen molar-refractivity contribution < 1.29 is 19.2 Å². The lowest BCUT2D eigenvalue weighted by Crippen LogP contribution is -2.50. The zero-order valence-corrected chi connectivity index (χ0v) is 19.9. The molecule has 5 N–H and O–H groups in total. The Hall–Kier alpha value is -2.66. The average molecular weight is 468 g/mol. The highest BCUT2D eigenvalue weighted by atomic mass is 19.1. The zero-order valence-electron chi connectivity index (χ0n) is 19.9. The van der Waals surface area contributed by atoms with Gasteiger partial charge in [0, 0.05) is 25.7 Å². The van der Waals surface area contributed by atoms with Crippen LogP contribution in [0.5, 0.6) is 0 Å². The summed E-state index contributed by atoms with van der Waals surface area (Å²) in [5.41, 5.74) is 10.9. The van der Waals surface area contributed by atoms with Crippen LogP contribution in [0.25, 0.3) is 0 Å². The quantitative estimate of drug-likeness (QED) is 0.0901. The van der Waals surface area contributed by atoms with Gasteiger partial charge in [0.15, 0.2) is 11.6 Å². The number of hydrazine groups is 1. The van der Waals surface area contributed by atoms with Crippen molar-refractivity contribution in [3.63, 3.8) is 0 Å². The monoisotopic (exact) mass is 467 g/mol. The van der Waals surface area contributed by atoms with Crippen LogP contribution in [-0.2, 0) is 9.59 Å². The normalized spacial score (nSPS) is 21.9. The summed E-state index contributed by atoms with van der Waals surface area (Å²) in [5.74, 6) is -1.67. The predicted octanol–water partition coefficient (Wildman–Crippen LogP) is 1.32. The Labute approximate surface area is 195 Å². The number of hydrogen-bond acceptors (Lipinski definition) is 7. The molecule has 11 heteroatoms. The summed E-state index contributed by atoms with van der Waals surface area (Å²) in [7, 11) is 2.01. The van der Waals surface area contributed by atoms with E-state index in [-0.39, 0.29) is 36.4 Å². The fraction of sp³-hybridized carbons (Fsp3) is 0.682. The first kappa shape index (κ1) is 26.6. The highest BCUT2D eigenvalue weighted by Crippen LogP contribution is 2.30. The minimum absolute atomic E-state index is 0.0514. The van der Waals surface area contributed by atoms with Crippen LogP contribution in [0.2, 0.25) is 0 Å². The summed E-state index contributed by atoms with van der Waals surface area (Å²) in [6.45, 7) is 9.38. The number of carbonyl (C=O) groups excluding carboxylic acids is 2. The van der Waals surface area contributed by atoms with Gasteiger partial charge in [-0.1, -0.05) is 32.3 Å². The van der Waals surface area contributed by atoms with Crippen LogP contribution in [0.15, 0.2) is 28.9 Å². The number of hydrogen-bond donors (Lipinski definition) is 4. The second-order valence-corrected chi connectivity index (χ2v) is 9.09. The molecule has 0 aromatic heterocycles. The maximum Gasteiger partial charge on any atom is 0.243 e. The maximum atomic E-state index is 15.4. The summed E-state index contributed by atoms with van der Waals surface area (Å²) in [4.78, 5) is 31.8. The van der Waals surface area contributed by atoms with Gasteiger partial charge in [0.25, 0.3) is 0 Å². The Balaban J connectivity index is 2.13. The van der Waals surface area contributed by atoms with E-state index in [2.05, 4.69) is 27.3 Å². The number of aliphatic imine (C=N–C) groups is 1. The van der Waals surface area contributed by atoms with E-state index in [1.807, 2.05) is 18.9 Å². The number of rotatable bonds is 11. The lowest BCUT2D eigenvalue weighted by molar-refractivity contribution is -0.155. The molecule has 0 bridgehead atoms. The van der Waals surface area contributed by atoms with Gasteiger partial charge in [-0.2, -0.15) is 0 Å². The summed E-state index contributed by atoms with van der Waals surface area (Å²) in [5, 5.41) is 10.1. The van der Waals surface area contributed by atoms with Crippen molar-refractivity contribution >= 4 is 18.2 Å².